The number of amides is 3. The molecule has 0 radical (unpaired) electrons. The van der Waals surface area contributed by atoms with Gasteiger partial charge < -0.3 is 10.1 Å². The van der Waals surface area contributed by atoms with E-state index in [-0.39, 0.29) is 11.5 Å². The zero-order valence-corrected chi connectivity index (χ0v) is 19.5. The van der Waals surface area contributed by atoms with Gasteiger partial charge in [-0.05, 0) is 29.9 Å². The Morgan fingerprint density at radius 1 is 0.941 bits per heavy atom. The van der Waals surface area contributed by atoms with Crippen molar-refractivity contribution in [3.63, 3.8) is 0 Å². The van der Waals surface area contributed by atoms with E-state index in [1.54, 1.807) is 24.3 Å². The number of imide groups is 1. The molecule has 2 aliphatic rings. The van der Waals surface area contributed by atoms with Crippen LogP contribution < -0.4 is 16.2 Å². The molecule has 2 aromatic rings. The maximum Gasteiger partial charge on any atom is 0.262 e. The second kappa shape index (κ2) is 11.2. The van der Waals surface area contributed by atoms with Gasteiger partial charge in [-0.3, -0.25) is 35.0 Å². The van der Waals surface area contributed by atoms with E-state index in [4.69, 9.17) is 17.0 Å². The van der Waals surface area contributed by atoms with Gasteiger partial charge >= 0.3 is 0 Å². The smallest absolute Gasteiger partial charge is 0.262 e. The highest BCUT2D eigenvalue weighted by atomic mass is 32.1. The van der Waals surface area contributed by atoms with Gasteiger partial charge in [-0.2, -0.15) is 0 Å². The molecule has 0 aliphatic carbocycles. The molecular formula is C24H27N5O4S. The van der Waals surface area contributed by atoms with Gasteiger partial charge in [0.1, 0.15) is 6.04 Å². The maximum atomic E-state index is 13.2. The summed E-state index contributed by atoms with van der Waals surface area (Å²) in [7, 11) is 0. The average Bonchev–Trinajstić information content (AvgIpc) is 3.12. The summed E-state index contributed by atoms with van der Waals surface area (Å²) >= 11 is 5.27. The van der Waals surface area contributed by atoms with Crippen LogP contribution in [0.1, 0.15) is 26.3 Å². The lowest BCUT2D eigenvalue weighted by molar-refractivity contribution is -0.125. The number of ether oxygens (including phenoxy) is 1. The predicted octanol–water partition coefficient (Wildman–Crippen LogP) is 0.721. The van der Waals surface area contributed by atoms with Crippen LogP contribution in [0, 0.1) is 0 Å². The molecule has 9 nitrogen and oxygen atoms in total. The average molecular weight is 482 g/mol. The number of hydrogen-bond donors (Lipinski definition) is 3. The molecule has 2 heterocycles. The molecule has 10 heteroatoms. The lowest BCUT2D eigenvalue weighted by Crippen LogP contribution is -2.56. The fourth-order valence-corrected chi connectivity index (χ4v) is 4.18. The molecule has 178 valence electrons. The minimum Gasteiger partial charge on any atom is -0.379 e. The van der Waals surface area contributed by atoms with Gasteiger partial charge in [0.2, 0.25) is 0 Å². The van der Waals surface area contributed by atoms with Crippen LogP contribution in [0.5, 0.6) is 0 Å². The Balaban J connectivity index is 1.39. The number of fused-ring (bicyclic) bond motifs is 1. The second-order valence-electron chi connectivity index (χ2n) is 8.06. The maximum absolute atomic E-state index is 13.2. The van der Waals surface area contributed by atoms with Crippen molar-refractivity contribution < 1.29 is 19.1 Å². The fourth-order valence-electron chi connectivity index (χ4n) is 4.03. The highest BCUT2D eigenvalue weighted by Crippen LogP contribution is 2.26. The first kappa shape index (κ1) is 23.8. The van der Waals surface area contributed by atoms with Crippen LogP contribution in [0.4, 0.5) is 0 Å². The largest absolute Gasteiger partial charge is 0.379 e. The van der Waals surface area contributed by atoms with Gasteiger partial charge in [0.25, 0.3) is 17.7 Å². The number of hydrogen-bond acceptors (Lipinski definition) is 6. The Morgan fingerprint density at radius 2 is 1.56 bits per heavy atom. The molecule has 0 aromatic heterocycles. The van der Waals surface area contributed by atoms with Crippen LogP contribution in [-0.4, -0.2) is 78.1 Å². The normalized spacial score (nSPS) is 16.6. The SMILES string of the molecule is O=C(NNC(=S)NCCN1CCOCC1)C(Cc1ccccc1)N1C(=O)c2ccccc2C1=O. The monoisotopic (exact) mass is 481 g/mol. The van der Waals surface area contributed by atoms with E-state index < -0.39 is 23.8 Å². The third kappa shape index (κ3) is 5.58. The first-order chi connectivity index (χ1) is 16.5. The molecule has 1 atom stereocenters. The Hall–Kier alpha value is -3.34. The Kier molecular flexibility index (Phi) is 7.84. The standard InChI is InChI=1S/C24H27N5O4S/c30-21(26-27-24(34)25-10-11-28-12-14-33-15-13-28)20(16-17-6-2-1-3-7-17)29-22(31)18-8-4-5-9-19(18)23(29)32/h1-9,20H,10-16H2,(H,26,30)(H2,25,27,34). The molecule has 0 spiro atoms. The van der Waals surface area contributed by atoms with E-state index in [9.17, 15) is 14.4 Å². The molecule has 1 unspecified atom stereocenters. The summed E-state index contributed by atoms with van der Waals surface area (Å²) in [6.07, 6.45) is 0.178. The van der Waals surface area contributed by atoms with E-state index in [0.717, 1.165) is 43.3 Å². The molecule has 1 saturated heterocycles. The number of rotatable bonds is 7. The number of benzene rings is 2. The highest BCUT2D eigenvalue weighted by molar-refractivity contribution is 7.80. The highest BCUT2D eigenvalue weighted by Gasteiger charge is 2.42. The number of nitrogens with zero attached hydrogens (tertiary/aromatic N) is 2. The number of carbonyl (C=O) groups excluding carboxylic acids is 3. The van der Waals surface area contributed by atoms with Gasteiger partial charge in [-0.1, -0.05) is 42.5 Å². The quantitative estimate of drug-likeness (QED) is 0.302. The molecule has 3 amide bonds. The summed E-state index contributed by atoms with van der Waals surface area (Å²) < 4.78 is 5.34. The Morgan fingerprint density at radius 3 is 2.21 bits per heavy atom. The third-order valence-electron chi connectivity index (χ3n) is 5.83. The molecule has 2 aromatic carbocycles. The minimum absolute atomic E-state index is 0.178. The Labute approximate surface area is 203 Å². The molecule has 34 heavy (non-hydrogen) atoms. The van der Waals surface area contributed by atoms with Crippen LogP contribution in [0.15, 0.2) is 54.6 Å². The van der Waals surface area contributed by atoms with Crippen LogP contribution in [-0.2, 0) is 16.0 Å². The van der Waals surface area contributed by atoms with E-state index in [2.05, 4.69) is 21.1 Å². The Bertz CT molecular complexity index is 1020. The van der Waals surface area contributed by atoms with Crippen molar-refractivity contribution in [1.82, 2.24) is 26.0 Å². The van der Waals surface area contributed by atoms with Gasteiger partial charge in [-0.25, -0.2) is 0 Å². The number of thiocarbonyl (C=S) groups is 1. The summed E-state index contributed by atoms with van der Waals surface area (Å²) in [6.45, 7) is 4.59. The molecule has 0 saturated carbocycles. The zero-order chi connectivity index (χ0) is 23.9. The van der Waals surface area contributed by atoms with Gasteiger partial charge in [0, 0.05) is 32.6 Å². The summed E-state index contributed by atoms with van der Waals surface area (Å²) in [5.41, 5.74) is 6.67. The van der Waals surface area contributed by atoms with Crippen molar-refractivity contribution in [3.8, 4) is 0 Å². The molecule has 1 fully saturated rings. The topological polar surface area (TPSA) is 103 Å². The van der Waals surface area contributed by atoms with Gasteiger partial charge in [-0.15, -0.1) is 0 Å². The van der Waals surface area contributed by atoms with Crippen molar-refractivity contribution in [3.05, 3.63) is 71.3 Å². The summed E-state index contributed by atoms with van der Waals surface area (Å²) in [5.74, 6) is -1.50. The molecule has 2 aliphatic heterocycles. The van der Waals surface area contributed by atoms with Crippen LogP contribution in [0.3, 0.4) is 0 Å². The van der Waals surface area contributed by atoms with Gasteiger partial charge in [0.05, 0.1) is 24.3 Å². The minimum atomic E-state index is -1.04. The van der Waals surface area contributed by atoms with Crippen molar-refractivity contribution in [2.24, 2.45) is 0 Å². The lowest BCUT2D eigenvalue weighted by Gasteiger charge is -2.27. The summed E-state index contributed by atoms with van der Waals surface area (Å²) in [5, 5.41) is 3.30. The number of hydrazine groups is 1. The number of morpholine rings is 1. The first-order valence-corrected chi connectivity index (χ1v) is 11.6. The lowest BCUT2D eigenvalue weighted by atomic mass is 10.0. The van der Waals surface area contributed by atoms with Crippen LogP contribution in [0.25, 0.3) is 0 Å². The predicted molar refractivity (Wildman–Crippen MR) is 130 cm³/mol. The van der Waals surface area contributed by atoms with E-state index >= 15 is 0 Å². The van der Waals surface area contributed by atoms with Crippen molar-refractivity contribution in [2.75, 3.05) is 39.4 Å². The molecular weight excluding hydrogens is 454 g/mol. The second-order valence-corrected chi connectivity index (χ2v) is 8.46. The van der Waals surface area contributed by atoms with Crippen molar-refractivity contribution >= 4 is 35.1 Å². The van der Waals surface area contributed by atoms with Crippen LogP contribution in [0.2, 0.25) is 0 Å². The van der Waals surface area contributed by atoms with Crippen molar-refractivity contribution in [1.29, 1.82) is 0 Å². The summed E-state index contributed by atoms with van der Waals surface area (Å²) in [6, 6.07) is 14.8. The third-order valence-corrected chi connectivity index (χ3v) is 6.07. The van der Waals surface area contributed by atoms with Crippen molar-refractivity contribution in [2.45, 2.75) is 12.5 Å². The fraction of sp³-hybridized carbons (Fsp3) is 0.333. The van der Waals surface area contributed by atoms with E-state index in [1.807, 2.05) is 30.3 Å². The van der Waals surface area contributed by atoms with Crippen LogP contribution >= 0.6 is 12.2 Å². The van der Waals surface area contributed by atoms with E-state index in [0.29, 0.717) is 17.7 Å². The van der Waals surface area contributed by atoms with Gasteiger partial charge in [0.15, 0.2) is 5.11 Å². The summed E-state index contributed by atoms with van der Waals surface area (Å²) in [4.78, 5) is 42.5. The first-order valence-electron chi connectivity index (χ1n) is 11.2. The zero-order valence-electron chi connectivity index (χ0n) is 18.7. The van der Waals surface area contributed by atoms with E-state index in [1.165, 1.54) is 0 Å². The number of carbonyl (C=O) groups is 3. The number of nitrogens with one attached hydrogen (secondary N) is 3. The molecule has 3 N–H and O–H groups in total. The molecule has 0 bridgehead atoms. The molecule has 4 rings (SSSR count).